The van der Waals surface area contributed by atoms with Gasteiger partial charge in [0.05, 0.1) is 35.3 Å². The van der Waals surface area contributed by atoms with Crippen LogP contribution in [0.3, 0.4) is 0 Å². The molecule has 1 aliphatic rings. The van der Waals surface area contributed by atoms with Gasteiger partial charge in [0.15, 0.2) is 11.5 Å². The number of carbonyl (C=O) groups excluding carboxylic acids is 2. The van der Waals surface area contributed by atoms with Gasteiger partial charge < -0.3 is 14.8 Å². The predicted octanol–water partition coefficient (Wildman–Crippen LogP) is 6.77. The first-order chi connectivity index (χ1) is 18.5. The van der Waals surface area contributed by atoms with Gasteiger partial charge in [0.25, 0.3) is 5.91 Å². The van der Waals surface area contributed by atoms with Crippen molar-refractivity contribution < 1.29 is 32.2 Å². The van der Waals surface area contributed by atoms with Gasteiger partial charge in [0.2, 0.25) is 0 Å². The van der Waals surface area contributed by atoms with Crippen LogP contribution in [0.5, 0.6) is 11.5 Å². The highest BCUT2D eigenvalue weighted by atomic mass is 32.2. The van der Waals surface area contributed by atoms with E-state index in [-0.39, 0.29) is 28.7 Å². The van der Waals surface area contributed by atoms with Gasteiger partial charge in [-0.15, -0.1) is 24.5 Å². The summed E-state index contributed by atoms with van der Waals surface area (Å²) >= 11 is 2.38. The molecule has 3 aromatic rings. The van der Waals surface area contributed by atoms with Crippen LogP contribution in [0.15, 0.2) is 47.6 Å². The second-order valence-corrected chi connectivity index (χ2v) is 10.9. The maximum atomic E-state index is 12.9. The minimum atomic E-state index is -4.90. The van der Waals surface area contributed by atoms with Gasteiger partial charge in [-0.05, 0) is 56.2 Å². The molecule has 1 aromatic heterocycles. The third-order valence-corrected chi connectivity index (χ3v) is 8.02. The summed E-state index contributed by atoms with van der Waals surface area (Å²) in [6, 6.07) is 11.2. The van der Waals surface area contributed by atoms with Crippen molar-refractivity contribution in [2.75, 3.05) is 12.4 Å². The normalized spacial score (nSPS) is 15.7. The van der Waals surface area contributed by atoms with E-state index in [0.717, 1.165) is 22.3 Å². The molecule has 8 nitrogen and oxygen atoms in total. The Morgan fingerprint density at radius 3 is 2.44 bits per heavy atom. The van der Waals surface area contributed by atoms with Gasteiger partial charge in [-0.25, -0.2) is 9.99 Å². The highest BCUT2D eigenvalue weighted by Gasteiger charge is 2.34. The van der Waals surface area contributed by atoms with E-state index in [4.69, 9.17) is 4.74 Å². The van der Waals surface area contributed by atoms with Crippen LogP contribution in [0, 0.1) is 13.8 Å². The standard InChI is InChI=1S/C26H25F3N4O4S2/c1-5-21-22(17-8-11-19(36-4)20(12-17)37-26(27,28)29)32-33(25(35)39-21)13-16-6-9-18(10-7-16)31-24(34)23-14(2)30-15(3)38-23/h6-12,21H,5,13H2,1-4H3,(H,31,34). The van der Waals surface area contributed by atoms with E-state index >= 15 is 0 Å². The number of hydrazone groups is 1. The second-order valence-electron chi connectivity index (χ2n) is 8.54. The number of hydrogen-bond acceptors (Lipinski definition) is 8. The largest absolute Gasteiger partial charge is 0.573 e. The number of hydrogen-bond donors (Lipinski definition) is 1. The zero-order valence-corrected chi connectivity index (χ0v) is 23.1. The number of alkyl halides is 3. The van der Waals surface area contributed by atoms with Gasteiger partial charge >= 0.3 is 11.6 Å². The SMILES string of the molecule is CCC1SC(=O)N(Cc2ccc(NC(=O)c3sc(C)nc3C)cc2)N=C1c1ccc(OC)c(OC(F)(F)F)c1. The van der Waals surface area contributed by atoms with Crippen LogP contribution in [-0.4, -0.2) is 45.6 Å². The molecule has 0 fully saturated rings. The van der Waals surface area contributed by atoms with Crippen molar-refractivity contribution >= 4 is 45.6 Å². The molecule has 0 spiro atoms. The van der Waals surface area contributed by atoms with Crippen molar-refractivity contribution in [3.05, 3.63) is 69.2 Å². The topological polar surface area (TPSA) is 93.1 Å². The molecule has 206 valence electrons. The summed E-state index contributed by atoms with van der Waals surface area (Å²) in [6.07, 6.45) is -4.36. The Labute approximate surface area is 231 Å². The highest BCUT2D eigenvalue weighted by Crippen LogP contribution is 2.36. The molecular formula is C26H25F3N4O4S2. The number of thiazole rings is 1. The lowest BCUT2D eigenvalue weighted by Gasteiger charge is -2.28. The molecule has 0 aliphatic carbocycles. The zero-order valence-electron chi connectivity index (χ0n) is 21.5. The number of halogens is 3. The van der Waals surface area contributed by atoms with Crippen LogP contribution < -0.4 is 14.8 Å². The number of aromatic nitrogens is 1. The predicted molar refractivity (Wildman–Crippen MR) is 145 cm³/mol. The summed E-state index contributed by atoms with van der Waals surface area (Å²) in [7, 11) is 1.25. The van der Waals surface area contributed by atoms with E-state index in [1.165, 1.54) is 35.6 Å². The van der Waals surface area contributed by atoms with Crippen molar-refractivity contribution in [3.63, 3.8) is 0 Å². The molecule has 1 atom stereocenters. The molecule has 2 heterocycles. The van der Waals surface area contributed by atoms with Crippen LogP contribution in [0.1, 0.15) is 44.8 Å². The average molecular weight is 579 g/mol. The summed E-state index contributed by atoms with van der Waals surface area (Å²) in [6.45, 7) is 5.62. The van der Waals surface area contributed by atoms with Crippen molar-refractivity contribution in [3.8, 4) is 11.5 Å². The van der Waals surface area contributed by atoms with Crippen molar-refractivity contribution in [2.24, 2.45) is 5.10 Å². The minimum absolute atomic E-state index is 0.0751. The number of ether oxygens (including phenoxy) is 2. The fraction of sp³-hybridized carbons (Fsp3) is 0.308. The van der Waals surface area contributed by atoms with Gasteiger partial charge in [-0.3, -0.25) is 9.59 Å². The molecule has 2 amide bonds. The monoisotopic (exact) mass is 578 g/mol. The molecule has 1 N–H and O–H groups in total. The summed E-state index contributed by atoms with van der Waals surface area (Å²) in [4.78, 5) is 30.2. The number of rotatable bonds is 8. The number of benzene rings is 2. The Bertz CT molecular complexity index is 1410. The maximum Gasteiger partial charge on any atom is 0.573 e. The van der Waals surface area contributed by atoms with E-state index in [2.05, 4.69) is 20.1 Å². The van der Waals surface area contributed by atoms with Gasteiger partial charge in [-0.1, -0.05) is 30.8 Å². The average Bonchev–Trinajstić information content (AvgIpc) is 3.23. The molecule has 0 radical (unpaired) electrons. The summed E-state index contributed by atoms with van der Waals surface area (Å²) < 4.78 is 48.0. The van der Waals surface area contributed by atoms with Crippen LogP contribution in [0.2, 0.25) is 0 Å². The third kappa shape index (κ3) is 6.90. The number of amides is 2. The first kappa shape index (κ1) is 28.4. The Kier molecular flexibility index (Phi) is 8.50. The molecule has 0 bridgehead atoms. The first-order valence-corrected chi connectivity index (χ1v) is 13.5. The minimum Gasteiger partial charge on any atom is -0.493 e. The highest BCUT2D eigenvalue weighted by molar-refractivity contribution is 8.14. The van der Waals surface area contributed by atoms with Gasteiger partial charge in [0, 0.05) is 11.3 Å². The molecule has 0 saturated carbocycles. The summed E-state index contributed by atoms with van der Waals surface area (Å²) in [5.74, 6) is -0.814. The fourth-order valence-corrected chi connectivity index (χ4v) is 5.68. The number of thioether (sulfide) groups is 1. The van der Waals surface area contributed by atoms with Crippen LogP contribution in [-0.2, 0) is 6.54 Å². The number of anilines is 1. The number of nitrogens with zero attached hydrogens (tertiary/aromatic N) is 3. The molecule has 1 aliphatic heterocycles. The van der Waals surface area contributed by atoms with Crippen LogP contribution >= 0.6 is 23.1 Å². The molecule has 39 heavy (non-hydrogen) atoms. The van der Waals surface area contributed by atoms with Gasteiger partial charge in [-0.2, -0.15) is 5.10 Å². The molecule has 2 aromatic carbocycles. The van der Waals surface area contributed by atoms with Gasteiger partial charge in [0.1, 0.15) is 4.88 Å². The molecule has 13 heteroatoms. The van der Waals surface area contributed by atoms with Crippen molar-refractivity contribution in [1.29, 1.82) is 0 Å². The Morgan fingerprint density at radius 2 is 1.85 bits per heavy atom. The number of nitrogens with one attached hydrogen (secondary N) is 1. The number of aryl methyl sites for hydroxylation is 2. The lowest BCUT2D eigenvalue weighted by atomic mass is 10.0. The van der Waals surface area contributed by atoms with E-state index in [9.17, 15) is 22.8 Å². The van der Waals surface area contributed by atoms with E-state index < -0.39 is 12.1 Å². The quantitative estimate of drug-likeness (QED) is 0.317. The van der Waals surface area contributed by atoms with E-state index in [1.54, 1.807) is 37.3 Å². The van der Waals surface area contributed by atoms with Crippen LogP contribution in [0.25, 0.3) is 0 Å². The van der Waals surface area contributed by atoms with E-state index in [0.29, 0.717) is 34.0 Å². The first-order valence-electron chi connectivity index (χ1n) is 11.8. The van der Waals surface area contributed by atoms with Crippen molar-refractivity contribution in [2.45, 2.75) is 45.3 Å². The summed E-state index contributed by atoms with van der Waals surface area (Å²) in [5, 5.41) is 8.82. The van der Waals surface area contributed by atoms with Crippen molar-refractivity contribution in [1.82, 2.24) is 9.99 Å². The maximum absolute atomic E-state index is 12.9. The zero-order chi connectivity index (χ0) is 28.3. The smallest absolute Gasteiger partial charge is 0.493 e. The molecular weight excluding hydrogens is 553 g/mol. The molecule has 0 saturated heterocycles. The molecule has 1 unspecified atom stereocenters. The molecule has 4 rings (SSSR count). The summed E-state index contributed by atoms with van der Waals surface area (Å²) in [5.41, 5.74) is 2.84. The third-order valence-electron chi connectivity index (χ3n) is 5.70. The van der Waals surface area contributed by atoms with E-state index in [1.807, 2.05) is 13.8 Å². The lowest BCUT2D eigenvalue weighted by molar-refractivity contribution is -0.275. The Hall–Kier alpha value is -3.58. The number of methoxy groups -OCH3 is 1. The Morgan fingerprint density at radius 1 is 1.13 bits per heavy atom. The lowest BCUT2D eigenvalue weighted by Crippen LogP contribution is -2.34. The Balaban J connectivity index is 1.54. The number of carbonyl (C=O) groups is 2. The second kappa shape index (κ2) is 11.7. The van der Waals surface area contributed by atoms with Crippen LogP contribution in [0.4, 0.5) is 23.7 Å². The fourth-order valence-electron chi connectivity index (χ4n) is 3.93.